The summed E-state index contributed by atoms with van der Waals surface area (Å²) in [6.07, 6.45) is 5.57. The van der Waals surface area contributed by atoms with Crippen LogP contribution in [0.3, 0.4) is 0 Å². The quantitative estimate of drug-likeness (QED) is 0.852. The lowest BCUT2D eigenvalue weighted by Gasteiger charge is -2.33. The molecule has 1 saturated heterocycles. The van der Waals surface area contributed by atoms with E-state index in [9.17, 15) is 8.42 Å². The molecule has 146 valence electrons. The number of benzene rings is 1. The van der Waals surface area contributed by atoms with Crippen LogP contribution in [0.15, 0.2) is 53.7 Å². The Kier molecular flexibility index (Phi) is 5.86. The number of nitrogens with one attached hydrogen (secondary N) is 1. The highest BCUT2D eigenvalue weighted by Crippen LogP contribution is 2.24. The fourth-order valence-electron chi connectivity index (χ4n) is 3.40. The van der Waals surface area contributed by atoms with Gasteiger partial charge in [-0.2, -0.15) is 0 Å². The number of pyridine rings is 1. The third-order valence-corrected chi connectivity index (χ3v) is 6.67. The molecule has 27 heavy (non-hydrogen) atoms. The molecule has 5 nitrogen and oxygen atoms in total. The minimum Gasteiger partial charge on any atom is -0.371 e. The average molecular weight is 388 g/mol. The summed E-state index contributed by atoms with van der Waals surface area (Å²) < 4.78 is 28.0. The number of sulfonamides is 1. The second-order valence-electron chi connectivity index (χ2n) is 8.26. The molecular weight excluding hydrogens is 358 g/mol. The zero-order chi connectivity index (χ0) is 19.5. The predicted molar refractivity (Wildman–Crippen MR) is 110 cm³/mol. The number of hydrogen-bond acceptors (Lipinski definition) is 4. The van der Waals surface area contributed by atoms with Crippen molar-refractivity contribution in [2.75, 3.05) is 24.5 Å². The van der Waals surface area contributed by atoms with Gasteiger partial charge in [0.1, 0.15) is 0 Å². The standard InChI is InChI=1S/C21H29N3O2S/c1-21(2,3)18-4-6-20(7-5-18)27(25,26)23-16-17-10-14-24(15-11-17)19-8-12-22-13-9-19/h4-9,12-13,17,23H,10-11,14-16H2,1-3H3. The molecule has 0 aliphatic carbocycles. The van der Waals surface area contributed by atoms with E-state index in [1.165, 1.54) is 5.69 Å². The van der Waals surface area contributed by atoms with Gasteiger partial charge in [-0.05, 0) is 54.0 Å². The zero-order valence-electron chi connectivity index (χ0n) is 16.4. The van der Waals surface area contributed by atoms with E-state index in [0.717, 1.165) is 31.5 Å². The van der Waals surface area contributed by atoms with Crippen LogP contribution >= 0.6 is 0 Å². The third-order valence-electron chi connectivity index (χ3n) is 5.24. The first kappa shape index (κ1) is 19.8. The summed E-state index contributed by atoms with van der Waals surface area (Å²) in [7, 11) is -3.46. The van der Waals surface area contributed by atoms with Gasteiger partial charge in [-0.3, -0.25) is 4.98 Å². The van der Waals surface area contributed by atoms with Crippen molar-refractivity contribution in [2.24, 2.45) is 5.92 Å². The van der Waals surface area contributed by atoms with E-state index in [1.54, 1.807) is 24.5 Å². The van der Waals surface area contributed by atoms with E-state index in [-0.39, 0.29) is 5.41 Å². The van der Waals surface area contributed by atoms with Crippen LogP contribution in [0.4, 0.5) is 5.69 Å². The number of anilines is 1. The highest BCUT2D eigenvalue weighted by atomic mass is 32.2. The maximum atomic E-state index is 12.6. The van der Waals surface area contributed by atoms with Crippen molar-refractivity contribution in [3.63, 3.8) is 0 Å². The molecule has 2 heterocycles. The smallest absolute Gasteiger partial charge is 0.240 e. The number of hydrogen-bond donors (Lipinski definition) is 1. The van der Waals surface area contributed by atoms with Gasteiger partial charge in [-0.1, -0.05) is 32.9 Å². The molecule has 0 bridgehead atoms. The van der Waals surface area contributed by atoms with Crippen LogP contribution in [-0.4, -0.2) is 33.0 Å². The minimum atomic E-state index is -3.46. The fourth-order valence-corrected chi connectivity index (χ4v) is 4.51. The highest BCUT2D eigenvalue weighted by Gasteiger charge is 2.22. The zero-order valence-corrected chi connectivity index (χ0v) is 17.2. The van der Waals surface area contributed by atoms with E-state index in [1.807, 2.05) is 24.3 Å². The van der Waals surface area contributed by atoms with Crippen LogP contribution in [0.5, 0.6) is 0 Å². The Morgan fingerprint density at radius 2 is 1.63 bits per heavy atom. The summed E-state index contributed by atoms with van der Waals surface area (Å²) in [4.78, 5) is 6.72. The molecule has 2 aromatic rings. The first-order valence-electron chi connectivity index (χ1n) is 9.51. The maximum Gasteiger partial charge on any atom is 0.240 e. The summed E-state index contributed by atoms with van der Waals surface area (Å²) in [5.74, 6) is 0.367. The molecule has 1 aliphatic heterocycles. The first-order valence-corrected chi connectivity index (χ1v) is 11.0. The van der Waals surface area contributed by atoms with Crippen LogP contribution in [0.25, 0.3) is 0 Å². The molecule has 1 N–H and O–H groups in total. The van der Waals surface area contributed by atoms with Gasteiger partial charge in [0.25, 0.3) is 0 Å². The normalized spacial score (nSPS) is 16.5. The van der Waals surface area contributed by atoms with Crippen LogP contribution in [0.1, 0.15) is 39.2 Å². The Bertz CT molecular complexity index is 835. The first-order chi connectivity index (χ1) is 12.8. The van der Waals surface area contributed by atoms with Crippen molar-refractivity contribution < 1.29 is 8.42 Å². The van der Waals surface area contributed by atoms with Crippen LogP contribution in [0, 0.1) is 5.92 Å². The Morgan fingerprint density at radius 1 is 1.04 bits per heavy atom. The molecule has 0 unspecified atom stereocenters. The topological polar surface area (TPSA) is 62.3 Å². The molecule has 1 aromatic heterocycles. The molecule has 1 aliphatic rings. The molecule has 0 radical (unpaired) electrons. The maximum absolute atomic E-state index is 12.6. The predicted octanol–water partition coefficient (Wildman–Crippen LogP) is 3.57. The molecule has 6 heteroatoms. The van der Waals surface area contributed by atoms with E-state index in [4.69, 9.17) is 0 Å². The second-order valence-corrected chi connectivity index (χ2v) is 10.0. The van der Waals surface area contributed by atoms with Crippen LogP contribution in [0.2, 0.25) is 0 Å². The molecule has 0 spiro atoms. The van der Waals surface area contributed by atoms with Gasteiger partial charge in [0.2, 0.25) is 10.0 Å². The lowest BCUT2D eigenvalue weighted by molar-refractivity contribution is 0.402. The summed E-state index contributed by atoms with van der Waals surface area (Å²) in [5.41, 5.74) is 2.33. The SMILES string of the molecule is CC(C)(C)c1ccc(S(=O)(=O)NCC2CCN(c3ccncc3)CC2)cc1. The Hall–Kier alpha value is -1.92. The average Bonchev–Trinajstić information content (AvgIpc) is 2.67. The summed E-state index contributed by atoms with van der Waals surface area (Å²) in [5, 5.41) is 0. The van der Waals surface area contributed by atoms with Crippen molar-refractivity contribution in [1.82, 2.24) is 9.71 Å². The van der Waals surface area contributed by atoms with Gasteiger partial charge in [-0.15, -0.1) is 0 Å². The number of piperidine rings is 1. The number of aromatic nitrogens is 1. The lowest BCUT2D eigenvalue weighted by Crippen LogP contribution is -2.38. The number of nitrogens with zero attached hydrogens (tertiary/aromatic N) is 2. The second kappa shape index (κ2) is 7.98. The minimum absolute atomic E-state index is 0.0124. The van der Waals surface area contributed by atoms with Crippen LogP contribution < -0.4 is 9.62 Å². The van der Waals surface area contributed by atoms with E-state index in [0.29, 0.717) is 17.4 Å². The van der Waals surface area contributed by atoms with Gasteiger partial charge in [0.15, 0.2) is 0 Å². The summed E-state index contributed by atoms with van der Waals surface area (Å²) in [6.45, 7) is 8.73. The monoisotopic (exact) mass is 387 g/mol. The lowest BCUT2D eigenvalue weighted by atomic mass is 9.87. The van der Waals surface area contributed by atoms with Crippen molar-refractivity contribution in [2.45, 2.75) is 43.9 Å². The van der Waals surface area contributed by atoms with Crippen LogP contribution in [-0.2, 0) is 15.4 Å². The van der Waals surface area contributed by atoms with E-state index >= 15 is 0 Å². The largest absolute Gasteiger partial charge is 0.371 e. The van der Waals surface area contributed by atoms with E-state index in [2.05, 4.69) is 35.4 Å². The van der Waals surface area contributed by atoms with Crippen molar-refractivity contribution >= 4 is 15.7 Å². The third kappa shape index (κ3) is 5.08. The molecule has 0 saturated carbocycles. The summed E-state index contributed by atoms with van der Waals surface area (Å²) in [6, 6.07) is 11.3. The van der Waals surface area contributed by atoms with Gasteiger partial charge in [0, 0.05) is 37.7 Å². The van der Waals surface area contributed by atoms with Gasteiger partial charge in [0.05, 0.1) is 4.90 Å². The molecule has 0 amide bonds. The Morgan fingerprint density at radius 3 is 2.19 bits per heavy atom. The highest BCUT2D eigenvalue weighted by molar-refractivity contribution is 7.89. The molecule has 3 rings (SSSR count). The molecule has 0 atom stereocenters. The summed E-state index contributed by atoms with van der Waals surface area (Å²) >= 11 is 0. The van der Waals surface area contributed by atoms with Gasteiger partial charge in [-0.25, -0.2) is 13.1 Å². The Balaban J connectivity index is 1.54. The molecule has 1 aromatic carbocycles. The Labute approximate surface area is 162 Å². The number of rotatable bonds is 5. The fraction of sp³-hybridized carbons (Fsp3) is 0.476. The van der Waals surface area contributed by atoms with Gasteiger partial charge >= 0.3 is 0 Å². The van der Waals surface area contributed by atoms with Crippen molar-refractivity contribution in [3.8, 4) is 0 Å². The van der Waals surface area contributed by atoms with Crippen molar-refractivity contribution in [1.29, 1.82) is 0 Å². The van der Waals surface area contributed by atoms with Crippen molar-refractivity contribution in [3.05, 3.63) is 54.4 Å². The van der Waals surface area contributed by atoms with E-state index < -0.39 is 10.0 Å². The molecular formula is C21H29N3O2S. The van der Waals surface area contributed by atoms with Gasteiger partial charge < -0.3 is 4.90 Å². The molecule has 1 fully saturated rings.